The number of carbonyl (C=O) groups is 1. The molecule has 8 nitrogen and oxygen atoms in total. The molecule has 2 N–H and O–H groups in total. The third-order valence-electron chi connectivity index (χ3n) is 5.51. The number of amides is 1. The topological polar surface area (TPSA) is 113 Å². The highest BCUT2D eigenvalue weighted by Crippen LogP contribution is 2.31. The lowest BCUT2D eigenvalue weighted by Gasteiger charge is -2.19. The van der Waals surface area contributed by atoms with Gasteiger partial charge in [0.25, 0.3) is 26.0 Å². The Morgan fingerprint density at radius 1 is 0.737 bits per heavy atom. The largest absolute Gasteiger partial charge is 0.322 e. The first kappa shape index (κ1) is 27.5. The molecule has 12 heteroatoms. The summed E-state index contributed by atoms with van der Waals surface area (Å²) in [5.41, 5.74) is 1.17. The Morgan fingerprint density at radius 3 is 2.00 bits per heavy atom. The van der Waals surface area contributed by atoms with E-state index in [0.717, 1.165) is 4.31 Å². The molecule has 0 saturated heterocycles. The molecule has 4 rings (SSSR count). The number of rotatable bonds is 8. The molecule has 0 aliphatic rings. The lowest BCUT2D eigenvalue weighted by atomic mass is 10.2. The third kappa shape index (κ3) is 5.94. The smallest absolute Gasteiger partial charge is 0.264 e. The van der Waals surface area contributed by atoms with Crippen LogP contribution in [-0.4, -0.2) is 29.8 Å². The van der Waals surface area contributed by atoms with E-state index < -0.39 is 26.0 Å². The van der Waals surface area contributed by atoms with Crippen LogP contribution in [0.25, 0.3) is 0 Å². The number of nitrogens with zero attached hydrogens (tertiary/aromatic N) is 1. The molecule has 0 spiro atoms. The summed E-state index contributed by atoms with van der Waals surface area (Å²) in [5, 5.41) is 2.97. The van der Waals surface area contributed by atoms with E-state index in [0.29, 0.717) is 11.4 Å². The van der Waals surface area contributed by atoms with Gasteiger partial charge in [-0.25, -0.2) is 16.8 Å². The average molecular weight is 591 g/mol. The highest BCUT2D eigenvalue weighted by atomic mass is 35.5. The lowest BCUT2D eigenvalue weighted by molar-refractivity contribution is 0.102. The summed E-state index contributed by atoms with van der Waals surface area (Å²) in [7, 11) is -6.27. The van der Waals surface area contributed by atoms with Crippen LogP contribution in [0.4, 0.5) is 17.1 Å². The molecular weight excluding hydrogens is 569 g/mol. The van der Waals surface area contributed by atoms with Gasteiger partial charge in [0.2, 0.25) is 0 Å². The summed E-state index contributed by atoms with van der Waals surface area (Å²) in [4.78, 5) is 12.8. The quantitative estimate of drug-likeness (QED) is 0.267. The summed E-state index contributed by atoms with van der Waals surface area (Å²) in [5.74, 6) is -0.454. The zero-order chi connectivity index (χ0) is 27.5. The third-order valence-corrected chi connectivity index (χ3v) is 9.51. The van der Waals surface area contributed by atoms with Crippen molar-refractivity contribution in [1.29, 1.82) is 0 Å². The molecule has 1 amide bonds. The molecule has 0 bridgehead atoms. The summed E-state index contributed by atoms with van der Waals surface area (Å²) in [6, 6.07) is 24.2. The summed E-state index contributed by atoms with van der Waals surface area (Å²) in [6.45, 7) is 0. The zero-order valence-electron chi connectivity index (χ0n) is 19.8. The van der Waals surface area contributed by atoms with Crippen molar-refractivity contribution in [1.82, 2.24) is 0 Å². The second-order valence-electron chi connectivity index (χ2n) is 8.02. The molecule has 0 radical (unpaired) electrons. The minimum atomic E-state index is -3.95. The predicted octanol–water partition coefficient (Wildman–Crippen LogP) is 5.87. The molecular formula is C26H21Cl2N3O5S2. The van der Waals surface area contributed by atoms with Crippen LogP contribution in [0.2, 0.25) is 10.0 Å². The van der Waals surface area contributed by atoms with Crippen LogP contribution in [0.3, 0.4) is 0 Å². The van der Waals surface area contributed by atoms with Crippen LogP contribution in [0.1, 0.15) is 10.4 Å². The van der Waals surface area contributed by atoms with Gasteiger partial charge in [0.1, 0.15) is 0 Å². The highest BCUT2D eigenvalue weighted by molar-refractivity contribution is 7.93. The van der Waals surface area contributed by atoms with E-state index in [4.69, 9.17) is 23.2 Å². The fourth-order valence-electron chi connectivity index (χ4n) is 3.42. The van der Waals surface area contributed by atoms with Crippen molar-refractivity contribution in [2.75, 3.05) is 21.4 Å². The van der Waals surface area contributed by atoms with Gasteiger partial charge in [-0.15, -0.1) is 0 Å². The number of benzene rings is 4. The number of sulfonamides is 2. The van der Waals surface area contributed by atoms with Crippen molar-refractivity contribution in [2.45, 2.75) is 9.79 Å². The van der Waals surface area contributed by atoms with Gasteiger partial charge in [-0.3, -0.25) is 13.8 Å². The maximum atomic E-state index is 12.8. The van der Waals surface area contributed by atoms with Gasteiger partial charge in [-0.2, -0.15) is 0 Å². The monoisotopic (exact) mass is 589 g/mol. The molecule has 0 heterocycles. The highest BCUT2D eigenvalue weighted by Gasteiger charge is 2.21. The number of hydrogen-bond donors (Lipinski definition) is 2. The van der Waals surface area contributed by atoms with E-state index in [-0.39, 0.29) is 31.1 Å². The van der Waals surface area contributed by atoms with Crippen LogP contribution >= 0.6 is 23.2 Å². The molecule has 0 aliphatic carbocycles. The van der Waals surface area contributed by atoms with Crippen LogP contribution < -0.4 is 14.3 Å². The Labute approximate surface area is 230 Å². The lowest BCUT2D eigenvalue weighted by Crippen LogP contribution is -2.26. The number of anilines is 3. The molecule has 0 atom stereocenters. The summed E-state index contributed by atoms with van der Waals surface area (Å²) in [6.07, 6.45) is 0. The Hall–Kier alpha value is -3.57. The minimum absolute atomic E-state index is 0.0430. The number of carbonyl (C=O) groups excluding carboxylic acids is 1. The van der Waals surface area contributed by atoms with Crippen molar-refractivity contribution in [3.63, 3.8) is 0 Å². The zero-order valence-corrected chi connectivity index (χ0v) is 22.9. The second-order valence-corrected chi connectivity index (χ2v) is 12.5. The summed E-state index contributed by atoms with van der Waals surface area (Å²) < 4.78 is 54.6. The van der Waals surface area contributed by atoms with Gasteiger partial charge < -0.3 is 5.32 Å². The van der Waals surface area contributed by atoms with Crippen LogP contribution in [0.15, 0.2) is 107 Å². The van der Waals surface area contributed by atoms with Gasteiger partial charge in [0.15, 0.2) is 0 Å². The SMILES string of the molecule is CN(c1ccc(C(=O)Nc2ccc(S(=O)(=O)Nc3cccc(Cl)c3Cl)cc2)cc1)S(=O)(=O)c1ccccc1. The molecule has 196 valence electrons. The molecule has 4 aromatic rings. The standard InChI is InChI=1S/C26H21Cl2N3O5S2/c1-31(38(35,36)22-6-3-2-4-7-22)20-14-10-18(11-15-20)26(32)29-19-12-16-21(17-13-19)37(33,34)30-24-9-5-8-23(27)25(24)28/h2-17,30H,1H3,(H,29,32). The van der Waals surface area contributed by atoms with E-state index in [1.54, 1.807) is 24.3 Å². The van der Waals surface area contributed by atoms with Crippen LogP contribution in [0, 0.1) is 0 Å². The Morgan fingerprint density at radius 2 is 1.37 bits per heavy atom. The second kappa shape index (κ2) is 11.0. The molecule has 38 heavy (non-hydrogen) atoms. The Kier molecular flexibility index (Phi) is 7.98. The fraction of sp³-hybridized carbons (Fsp3) is 0.0385. The first-order chi connectivity index (χ1) is 18.0. The maximum absolute atomic E-state index is 12.8. The maximum Gasteiger partial charge on any atom is 0.264 e. The first-order valence-corrected chi connectivity index (χ1v) is 14.7. The molecule has 4 aromatic carbocycles. The van der Waals surface area contributed by atoms with Crippen molar-refractivity contribution in [3.8, 4) is 0 Å². The summed E-state index contributed by atoms with van der Waals surface area (Å²) >= 11 is 12.0. The normalized spacial score (nSPS) is 11.6. The van der Waals surface area contributed by atoms with Crippen molar-refractivity contribution >= 4 is 66.2 Å². The number of nitrogens with one attached hydrogen (secondary N) is 2. The van der Waals surface area contributed by atoms with Crippen LogP contribution in [-0.2, 0) is 20.0 Å². The first-order valence-electron chi connectivity index (χ1n) is 11.0. The van der Waals surface area contributed by atoms with Gasteiger partial charge in [-0.1, -0.05) is 47.5 Å². The molecule has 0 unspecified atom stereocenters. The van der Waals surface area contributed by atoms with E-state index in [1.165, 1.54) is 79.8 Å². The number of halogens is 2. The van der Waals surface area contributed by atoms with Crippen LogP contribution in [0.5, 0.6) is 0 Å². The minimum Gasteiger partial charge on any atom is -0.322 e. The molecule has 0 aliphatic heterocycles. The van der Waals surface area contributed by atoms with Crippen molar-refractivity contribution in [2.24, 2.45) is 0 Å². The Balaban J connectivity index is 1.44. The molecule has 0 saturated carbocycles. The van der Waals surface area contributed by atoms with E-state index in [1.807, 2.05) is 0 Å². The van der Waals surface area contributed by atoms with Gasteiger partial charge in [0.05, 0.1) is 31.2 Å². The van der Waals surface area contributed by atoms with Gasteiger partial charge in [0, 0.05) is 18.3 Å². The fourth-order valence-corrected chi connectivity index (χ4v) is 6.11. The average Bonchev–Trinajstić information content (AvgIpc) is 2.91. The number of hydrogen-bond acceptors (Lipinski definition) is 5. The predicted molar refractivity (Wildman–Crippen MR) is 150 cm³/mol. The van der Waals surface area contributed by atoms with Crippen molar-refractivity contribution in [3.05, 3.63) is 113 Å². The Bertz CT molecular complexity index is 1680. The molecule has 0 fully saturated rings. The van der Waals surface area contributed by atoms with E-state index in [9.17, 15) is 21.6 Å². The van der Waals surface area contributed by atoms with E-state index in [2.05, 4.69) is 10.0 Å². The van der Waals surface area contributed by atoms with Gasteiger partial charge in [-0.05, 0) is 72.8 Å². The van der Waals surface area contributed by atoms with Crippen molar-refractivity contribution < 1.29 is 21.6 Å². The van der Waals surface area contributed by atoms with E-state index >= 15 is 0 Å². The van der Waals surface area contributed by atoms with Gasteiger partial charge >= 0.3 is 0 Å². The molecule has 0 aromatic heterocycles.